The normalized spacial score (nSPS) is 36.6. The summed E-state index contributed by atoms with van der Waals surface area (Å²) in [7, 11) is 0. The van der Waals surface area contributed by atoms with Crippen molar-refractivity contribution in [2.24, 2.45) is 23.7 Å². The molecule has 0 radical (unpaired) electrons. The van der Waals surface area contributed by atoms with Crippen molar-refractivity contribution in [1.82, 2.24) is 0 Å². The number of halogens is 2. The molecule has 1 aromatic carbocycles. The number of imide groups is 1. The highest BCUT2D eigenvalue weighted by atomic mass is 79.9. The Kier molecular flexibility index (Phi) is 5.09. The van der Waals surface area contributed by atoms with Gasteiger partial charge in [0.15, 0.2) is 0 Å². The van der Waals surface area contributed by atoms with Crippen molar-refractivity contribution in [2.75, 3.05) is 4.90 Å². The molecule has 1 aliphatic heterocycles. The van der Waals surface area contributed by atoms with E-state index in [1.54, 1.807) is 24.3 Å². The lowest BCUT2D eigenvalue weighted by Gasteiger charge is -2.28. The molecule has 5 rings (SSSR count). The first kappa shape index (κ1) is 19.7. The van der Waals surface area contributed by atoms with E-state index < -0.39 is 0 Å². The summed E-state index contributed by atoms with van der Waals surface area (Å²) in [5.41, 5.74) is 1.000. The molecule has 0 N–H and O–H groups in total. The van der Waals surface area contributed by atoms with E-state index in [1.165, 1.54) is 11.3 Å². The Bertz CT molecular complexity index is 819. The van der Waals surface area contributed by atoms with E-state index in [2.05, 4.69) is 31.9 Å². The molecular weight excluding hydrogens is 502 g/mol. The van der Waals surface area contributed by atoms with Crippen molar-refractivity contribution in [3.05, 3.63) is 29.8 Å². The van der Waals surface area contributed by atoms with Crippen LogP contribution in [0.3, 0.4) is 0 Å². The summed E-state index contributed by atoms with van der Waals surface area (Å²) < 4.78 is 5.61. The molecule has 154 valence electrons. The Labute approximate surface area is 186 Å². The lowest BCUT2D eigenvalue weighted by molar-refractivity contribution is -0.123. The standard InChI is InChI=1S/C22H23Br2NO4/c23-18-14-10-15(19(18)24)17-16(14)20(26)25(21(17)27)12-8-6-11(7-9-12)22(28)29-13-4-2-1-3-5-13/h6-9,13-19H,1-5,10H2/t14-,15-,16-,17+,18-,19+/m1/s1. The molecule has 5 nitrogen and oxygen atoms in total. The van der Waals surface area contributed by atoms with Crippen LogP contribution in [0.2, 0.25) is 0 Å². The molecule has 29 heavy (non-hydrogen) atoms. The molecule has 0 aromatic heterocycles. The average molecular weight is 525 g/mol. The van der Waals surface area contributed by atoms with Crippen LogP contribution in [0.15, 0.2) is 24.3 Å². The van der Waals surface area contributed by atoms with Gasteiger partial charge in [-0.15, -0.1) is 0 Å². The maximum absolute atomic E-state index is 13.1. The van der Waals surface area contributed by atoms with Gasteiger partial charge in [-0.3, -0.25) is 14.5 Å². The summed E-state index contributed by atoms with van der Waals surface area (Å²) in [6.45, 7) is 0. The van der Waals surface area contributed by atoms with Crippen LogP contribution in [0.5, 0.6) is 0 Å². The molecule has 7 heteroatoms. The summed E-state index contributed by atoms with van der Waals surface area (Å²) >= 11 is 7.41. The maximum atomic E-state index is 13.1. The largest absolute Gasteiger partial charge is 0.459 e. The van der Waals surface area contributed by atoms with Gasteiger partial charge in [-0.25, -0.2) is 4.79 Å². The van der Waals surface area contributed by atoms with E-state index in [4.69, 9.17) is 4.74 Å². The molecular formula is C22H23Br2NO4. The molecule has 4 aliphatic rings. The number of hydrogen-bond acceptors (Lipinski definition) is 4. The molecule has 1 heterocycles. The Morgan fingerprint density at radius 1 is 0.897 bits per heavy atom. The van der Waals surface area contributed by atoms with E-state index in [-0.39, 0.29) is 57.2 Å². The van der Waals surface area contributed by atoms with Crippen molar-refractivity contribution < 1.29 is 19.1 Å². The quantitative estimate of drug-likeness (QED) is 0.333. The van der Waals surface area contributed by atoms with Crippen molar-refractivity contribution in [3.8, 4) is 0 Å². The molecule has 1 aromatic rings. The number of esters is 1. The highest BCUT2D eigenvalue weighted by molar-refractivity contribution is 9.12. The second kappa shape index (κ2) is 7.49. The molecule has 3 aliphatic carbocycles. The number of fused-ring (bicyclic) bond motifs is 5. The summed E-state index contributed by atoms with van der Waals surface area (Å²) in [4.78, 5) is 40.4. The first-order chi connectivity index (χ1) is 14.0. The number of anilines is 1. The van der Waals surface area contributed by atoms with Gasteiger partial charge in [-0.05, 0) is 68.2 Å². The second-order valence-electron chi connectivity index (χ2n) is 8.73. The van der Waals surface area contributed by atoms with E-state index in [9.17, 15) is 14.4 Å². The minimum absolute atomic E-state index is 0.00177. The Morgan fingerprint density at radius 2 is 1.45 bits per heavy atom. The molecule has 6 atom stereocenters. The number of carbonyl (C=O) groups excluding carboxylic acids is 3. The number of nitrogens with zero attached hydrogens (tertiary/aromatic N) is 1. The Morgan fingerprint density at radius 3 is 2.00 bits per heavy atom. The number of hydrogen-bond donors (Lipinski definition) is 0. The molecule has 2 amide bonds. The van der Waals surface area contributed by atoms with E-state index in [0.717, 1.165) is 32.1 Å². The van der Waals surface area contributed by atoms with E-state index in [0.29, 0.717) is 11.3 Å². The Balaban J connectivity index is 1.32. The van der Waals surface area contributed by atoms with Crippen molar-refractivity contribution in [1.29, 1.82) is 0 Å². The highest BCUT2D eigenvalue weighted by Gasteiger charge is 2.66. The zero-order valence-corrected chi connectivity index (χ0v) is 19.1. The van der Waals surface area contributed by atoms with Crippen LogP contribution in [0.1, 0.15) is 48.9 Å². The third kappa shape index (κ3) is 3.11. The van der Waals surface area contributed by atoms with Crippen molar-refractivity contribution >= 4 is 55.3 Å². The van der Waals surface area contributed by atoms with Gasteiger partial charge >= 0.3 is 5.97 Å². The second-order valence-corrected chi connectivity index (χ2v) is 10.8. The number of rotatable bonds is 3. The lowest BCUT2D eigenvalue weighted by Crippen LogP contribution is -2.37. The van der Waals surface area contributed by atoms with Crippen LogP contribution in [-0.2, 0) is 14.3 Å². The summed E-state index contributed by atoms with van der Waals surface area (Å²) in [6.07, 6.45) is 6.18. The third-order valence-corrected chi connectivity index (χ3v) is 10.4. The van der Waals surface area contributed by atoms with Gasteiger partial charge in [0.05, 0.1) is 23.1 Å². The number of carbonyl (C=O) groups is 3. The smallest absolute Gasteiger partial charge is 0.338 e. The van der Waals surface area contributed by atoms with Gasteiger partial charge < -0.3 is 4.74 Å². The van der Waals surface area contributed by atoms with Gasteiger partial charge in [0, 0.05) is 9.65 Å². The number of benzene rings is 1. The number of alkyl halides is 2. The minimum atomic E-state index is -0.332. The minimum Gasteiger partial charge on any atom is -0.459 e. The molecule has 2 bridgehead atoms. The number of amides is 2. The Hall–Kier alpha value is -1.21. The fraction of sp³-hybridized carbons (Fsp3) is 0.591. The molecule has 0 spiro atoms. The first-order valence-corrected chi connectivity index (χ1v) is 12.3. The first-order valence-electron chi connectivity index (χ1n) is 10.4. The van der Waals surface area contributed by atoms with E-state index >= 15 is 0 Å². The predicted molar refractivity (Wildman–Crippen MR) is 115 cm³/mol. The van der Waals surface area contributed by atoms with Crippen LogP contribution in [-0.4, -0.2) is 33.5 Å². The van der Waals surface area contributed by atoms with Crippen molar-refractivity contribution in [3.63, 3.8) is 0 Å². The summed E-state index contributed by atoms with van der Waals surface area (Å²) in [6, 6.07) is 6.69. The topological polar surface area (TPSA) is 63.7 Å². The molecule has 4 fully saturated rings. The average Bonchev–Trinajstić information content (AvgIpc) is 3.34. The van der Waals surface area contributed by atoms with Gasteiger partial charge in [0.2, 0.25) is 11.8 Å². The van der Waals surface area contributed by atoms with Crippen LogP contribution in [0.25, 0.3) is 0 Å². The van der Waals surface area contributed by atoms with Crippen molar-refractivity contribution in [2.45, 2.75) is 54.3 Å². The SMILES string of the molecule is O=C(OC1CCCCC1)c1ccc(N2C(=O)[C@@H]3[C@H]4C[C@@H]([C@H](Br)[C@@H]4Br)[C@@H]3C2=O)cc1. The third-order valence-electron chi connectivity index (χ3n) is 7.17. The fourth-order valence-corrected chi connectivity index (χ4v) is 7.63. The summed E-state index contributed by atoms with van der Waals surface area (Å²) in [5.74, 6) is -0.617. The van der Waals surface area contributed by atoms with Gasteiger partial charge in [-0.1, -0.05) is 38.3 Å². The van der Waals surface area contributed by atoms with Gasteiger partial charge in [0.25, 0.3) is 0 Å². The summed E-state index contributed by atoms with van der Waals surface area (Å²) in [5, 5.41) is 0. The predicted octanol–water partition coefficient (Wildman–Crippen LogP) is 4.46. The zero-order valence-electron chi connectivity index (χ0n) is 15.9. The zero-order chi connectivity index (χ0) is 20.3. The van der Waals surface area contributed by atoms with Crippen LogP contribution < -0.4 is 4.90 Å². The van der Waals surface area contributed by atoms with Crippen LogP contribution >= 0.6 is 31.9 Å². The number of ether oxygens (including phenoxy) is 1. The van der Waals surface area contributed by atoms with E-state index in [1.807, 2.05) is 0 Å². The van der Waals surface area contributed by atoms with Crippen LogP contribution in [0, 0.1) is 23.7 Å². The molecule has 1 saturated heterocycles. The van der Waals surface area contributed by atoms with Crippen LogP contribution in [0.4, 0.5) is 5.69 Å². The maximum Gasteiger partial charge on any atom is 0.338 e. The highest BCUT2D eigenvalue weighted by Crippen LogP contribution is 2.60. The fourth-order valence-electron chi connectivity index (χ4n) is 5.75. The molecule has 0 unspecified atom stereocenters. The lowest BCUT2D eigenvalue weighted by atomic mass is 9.81. The van der Waals surface area contributed by atoms with Gasteiger partial charge in [-0.2, -0.15) is 0 Å². The monoisotopic (exact) mass is 523 g/mol. The van der Waals surface area contributed by atoms with Gasteiger partial charge in [0.1, 0.15) is 6.10 Å². The molecule has 3 saturated carbocycles.